The number of esters is 1. The molecule has 92 valence electrons. The van der Waals surface area contributed by atoms with Gasteiger partial charge in [0.15, 0.2) is 0 Å². The number of hydrogen-bond donors (Lipinski definition) is 1. The van der Waals surface area contributed by atoms with Crippen LogP contribution in [0, 0.1) is 12.8 Å². The van der Waals surface area contributed by atoms with Crippen molar-refractivity contribution in [3.63, 3.8) is 0 Å². The number of ether oxygens (including phenoxy) is 1. The number of hydrogen-bond acceptors (Lipinski definition) is 3. The first-order valence-corrected chi connectivity index (χ1v) is 6.07. The average Bonchev–Trinajstić information content (AvgIpc) is 2.39. The summed E-state index contributed by atoms with van der Waals surface area (Å²) in [5.41, 5.74) is 2.49. The molecule has 0 bridgehead atoms. The normalized spacial score (nSPS) is 24.4. The Balaban J connectivity index is 2.21. The standard InChI is InChI=1S/C14H19NO2/c1-10-3-5-11(6-4-10)12-7-8-15-9-13(12)14(16)17-2/h3-6,12-13,15H,7-9H2,1-2H3/t12-,13+/m1/s1. The molecule has 1 aliphatic heterocycles. The van der Waals surface area contributed by atoms with Gasteiger partial charge in [-0.25, -0.2) is 0 Å². The number of carbonyl (C=O) groups is 1. The topological polar surface area (TPSA) is 38.3 Å². The van der Waals surface area contributed by atoms with Crippen LogP contribution >= 0.6 is 0 Å². The van der Waals surface area contributed by atoms with Crippen LogP contribution in [0.25, 0.3) is 0 Å². The highest BCUT2D eigenvalue weighted by atomic mass is 16.5. The SMILES string of the molecule is COC(=O)[C@H]1CNCC[C@@H]1c1ccc(C)cc1. The smallest absolute Gasteiger partial charge is 0.310 e. The van der Waals surface area contributed by atoms with E-state index in [4.69, 9.17) is 4.74 Å². The highest BCUT2D eigenvalue weighted by molar-refractivity contribution is 5.74. The summed E-state index contributed by atoms with van der Waals surface area (Å²) >= 11 is 0. The molecule has 0 aliphatic carbocycles. The zero-order chi connectivity index (χ0) is 12.3. The van der Waals surface area contributed by atoms with Crippen LogP contribution in [0.4, 0.5) is 0 Å². The molecule has 3 heteroatoms. The zero-order valence-electron chi connectivity index (χ0n) is 10.4. The second-order valence-electron chi connectivity index (χ2n) is 4.64. The zero-order valence-corrected chi connectivity index (χ0v) is 10.4. The lowest BCUT2D eigenvalue weighted by Gasteiger charge is -2.30. The van der Waals surface area contributed by atoms with Gasteiger partial charge in [-0.15, -0.1) is 0 Å². The fourth-order valence-electron chi connectivity index (χ4n) is 2.47. The third-order valence-electron chi connectivity index (χ3n) is 3.49. The summed E-state index contributed by atoms with van der Waals surface area (Å²) in [5, 5.41) is 3.26. The van der Waals surface area contributed by atoms with Gasteiger partial charge in [0.05, 0.1) is 13.0 Å². The van der Waals surface area contributed by atoms with E-state index < -0.39 is 0 Å². The molecular weight excluding hydrogens is 214 g/mol. The van der Waals surface area contributed by atoms with Crippen molar-refractivity contribution in [2.45, 2.75) is 19.3 Å². The minimum absolute atomic E-state index is 0.0588. The third-order valence-corrected chi connectivity index (χ3v) is 3.49. The van der Waals surface area contributed by atoms with Crippen molar-refractivity contribution < 1.29 is 9.53 Å². The van der Waals surface area contributed by atoms with Crippen LogP contribution < -0.4 is 5.32 Å². The lowest BCUT2D eigenvalue weighted by atomic mass is 9.81. The van der Waals surface area contributed by atoms with E-state index in [1.54, 1.807) is 0 Å². The van der Waals surface area contributed by atoms with E-state index in [-0.39, 0.29) is 17.8 Å². The van der Waals surface area contributed by atoms with Gasteiger partial charge in [-0.05, 0) is 31.4 Å². The van der Waals surface area contributed by atoms with Crippen LogP contribution in [0.2, 0.25) is 0 Å². The molecule has 2 atom stereocenters. The molecule has 0 unspecified atom stereocenters. The summed E-state index contributed by atoms with van der Waals surface area (Å²) < 4.78 is 4.89. The molecule has 3 nitrogen and oxygen atoms in total. The largest absolute Gasteiger partial charge is 0.469 e. The number of aryl methyl sites for hydroxylation is 1. The Morgan fingerprint density at radius 2 is 2.06 bits per heavy atom. The van der Waals surface area contributed by atoms with Crippen molar-refractivity contribution in [3.8, 4) is 0 Å². The highest BCUT2D eigenvalue weighted by Gasteiger charge is 2.32. The van der Waals surface area contributed by atoms with Crippen molar-refractivity contribution in [1.29, 1.82) is 0 Å². The van der Waals surface area contributed by atoms with E-state index in [2.05, 4.69) is 36.5 Å². The number of rotatable bonds is 2. The molecule has 2 rings (SSSR count). The van der Waals surface area contributed by atoms with Gasteiger partial charge in [-0.1, -0.05) is 29.8 Å². The number of nitrogens with one attached hydrogen (secondary N) is 1. The Morgan fingerprint density at radius 3 is 2.71 bits per heavy atom. The Morgan fingerprint density at radius 1 is 1.35 bits per heavy atom. The first kappa shape index (κ1) is 12.1. The summed E-state index contributed by atoms with van der Waals surface area (Å²) in [6, 6.07) is 8.46. The predicted molar refractivity (Wildman–Crippen MR) is 66.9 cm³/mol. The van der Waals surface area contributed by atoms with E-state index in [1.165, 1.54) is 18.2 Å². The van der Waals surface area contributed by atoms with Crippen LogP contribution in [-0.2, 0) is 9.53 Å². The molecule has 1 N–H and O–H groups in total. The third kappa shape index (κ3) is 2.67. The van der Waals surface area contributed by atoms with Crippen molar-refractivity contribution in [1.82, 2.24) is 5.32 Å². The lowest BCUT2D eigenvalue weighted by molar-refractivity contribution is -0.146. The van der Waals surface area contributed by atoms with Gasteiger partial charge in [-0.3, -0.25) is 4.79 Å². The average molecular weight is 233 g/mol. The number of piperidine rings is 1. The van der Waals surface area contributed by atoms with Crippen LogP contribution in [0.3, 0.4) is 0 Å². The molecule has 1 heterocycles. The molecule has 0 saturated carbocycles. The minimum Gasteiger partial charge on any atom is -0.469 e. The van der Waals surface area contributed by atoms with E-state index in [1.807, 2.05) is 0 Å². The van der Waals surface area contributed by atoms with Gasteiger partial charge >= 0.3 is 5.97 Å². The molecular formula is C14H19NO2. The summed E-state index contributed by atoms with van der Waals surface area (Å²) in [4.78, 5) is 11.8. The maximum Gasteiger partial charge on any atom is 0.310 e. The van der Waals surface area contributed by atoms with Crippen molar-refractivity contribution in [2.75, 3.05) is 20.2 Å². The molecule has 1 saturated heterocycles. The number of carbonyl (C=O) groups excluding carboxylic acids is 1. The second kappa shape index (κ2) is 5.32. The molecule has 17 heavy (non-hydrogen) atoms. The first-order valence-electron chi connectivity index (χ1n) is 6.07. The Kier molecular flexibility index (Phi) is 3.79. The fourth-order valence-corrected chi connectivity index (χ4v) is 2.47. The van der Waals surface area contributed by atoms with Crippen molar-refractivity contribution in [3.05, 3.63) is 35.4 Å². The van der Waals surface area contributed by atoms with Crippen LogP contribution in [-0.4, -0.2) is 26.2 Å². The van der Waals surface area contributed by atoms with Gasteiger partial charge in [0.2, 0.25) is 0 Å². The van der Waals surface area contributed by atoms with Crippen LogP contribution in [0.1, 0.15) is 23.5 Å². The highest BCUT2D eigenvalue weighted by Crippen LogP contribution is 2.31. The van der Waals surface area contributed by atoms with E-state index in [0.29, 0.717) is 6.54 Å². The molecule has 1 aliphatic rings. The fraction of sp³-hybridized carbons (Fsp3) is 0.500. The van der Waals surface area contributed by atoms with Crippen LogP contribution in [0.15, 0.2) is 24.3 Å². The minimum atomic E-state index is -0.109. The van der Waals surface area contributed by atoms with Gasteiger partial charge in [0.1, 0.15) is 0 Å². The molecule has 1 aromatic rings. The summed E-state index contributed by atoms with van der Waals surface area (Å²) in [6.45, 7) is 3.75. The Hall–Kier alpha value is -1.35. The first-order chi connectivity index (χ1) is 8.22. The quantitative estimate of drug-likeness (QED) is 0.792. The molecule has 0 amide bonds. The van der Waals surface area contributed by atoms with Crippen LogP contribution in [0.5, 0.6) is 0 Å². The maximum atomic E-state index is 11.8. The maximum absolute atomic E-state index is 11.8. The van der Waals surface area contributed by atoms with Gasteiger partial charge in [-0.2, -0.15) is 0 Å². The number of methoxy groups -OCH3 is 1. The second-order valence-corrected chi connectivity index (χ2v) is 4.64. The van der Waals surface area contributed by atoms with Crippen molar-refractivity contribution >= 4 is 5.97 Å². The van der Waals surface area contributed by atoms with Gasteiger partial charge in [0.25, 0.3) is 0 Å². The molecule has 0 aromatic heterocycles. The van der Waals surface area contributed by atoms with Crippen molar-refractivity contribution in [2.24, 2.45) is 5.92 Å². The van der Waals surface area contributed by atoms with Gasteiger partial charge in [0, 0.05) is 6.54 Å². The van der Waals surface area contributed by atoms with Gasteiger partial charge < -0.3 is 10.1 Å². The molecule has 1 aromatic carbocycles. The molecule has 1 fully saturated rings. The van der Waals surface area contributed by atoms with E-state index in [9.17, 15) is 4.79 Å². The van der Waals surface area contributed by atoms with E-state index >= 15 is 0 Å². The number of benzene rings is 1. The summed E-state index contributed by atoms with van der Waals surface area (Å²) in [5.74, 6) is 0.114. The lowest BCUT2D eigenvalue weighted by Crippen LogP contribution is -2.40. The summed E-state index contributed by atoms with van der Waals surface area (Å²) in [7, 11) is 1.46. The summed E-state index contributed by atoms with van der Waals surface area (Å²) in [6.07, 6.45) is 0.989. The Labute approximate surface area is 102 Å². The molecule has 0 radical (unpaired) electrons. The Bertz CT molecular complexity index is 386. The monoisotopic (exact) mass is 233 g/mol. The predicted octanol–water partition coefficient (Wildman–Crippen LogP) is 1.86. The molecule has 0 spiro atoms. The van der Waals surface area contributed by atoms with E-state index in [0.717, 1.165) is 13.0 Å².